The normalized spacial score (nSPS) is 20.2. The third-order valence-electron chi connectivity index (χ3n) is 8.25. The predicted molar refractivity (Wildman–Crippen MR) is 188 cm³/mol. The lowest BCUT2D eigenvalue weighted by Crippen LogP contribution is -2.62. The van der Waals surface area contributed by atoms with E-state index >= 15 is 0 Å². The van der Waals surface area contributed by atoms with Gasteiger partial charge in [-0.2, -0.15) is 0 Å². The lowest BCUT2D eigenvalue weighted by molar-refractivity contribution is -0.318. The molecule has 0 aliphatic carbocycles. The van der Waals surface area contributed by atoms with Gasteiger partial charge in [-0.3, -0.25) is 0 Å². The highest BCUT2D eigenvalue weighted by atomic mass is 16.8. The van der Waals surface area contributed by atoms with Crippen LogP contribution in [0, 0.1) is 0 Å². The highest BCUT2D eigenvalue weighted by Gasteiger charge is 2.50. The van der Waals surface area contributed by atoms with Crippen LogP contribution >= 0.6 is 0 Å². The predicted octanol–water partition coefficient (Wildman–Crippen LogP) is 8.04. The number of carbonyl (C=O) groups excluding carboxylic acids is 1. The Morgan fingerprint density at radius 3 is 1.30 bits per heavy atom. The van der Waals surface area contributed by atoms with Crippen LogP contribution in [0.15, 0.2) is 152 Å². The van der Waals surface area contributed by atoms with Gasteiger partial charge >= 0.3 is 6.16 Å². The molecule has 1 aliphatic rings. The molecular formula is C42H42O8. The van der Waals surface area contributed by atoms with Crippen LogP contribution in [-0.2, 0) is 66.2 Å². The minimum Gasteiger partial charge on any atom is -0.429 e. The van der Waals surface area contributed by atoms with Crippen molar-refractivity contribution in [3.8, 4) is 0 Å². The summed E-state index contributed by atoms with van der Waals surface area (Å²) < 4.78 is 44.1. The highest BCUT2D eigenvalue weighted by molar-refractivity contribution is 5.60. The fourth-order valence-corrected chi connectivity index (χ4v) is 5.69. The van der Waals surface area contributed by atoms with E-state index in [4.69, 9.17) is 33.2 Å². The van der Waals surface area contributed by atoms with Gasteiger partial charge in [0, 0.05) is 0 Å². The molecule has 8 heteroatoms. The topological polar surface area (TPSA) is 81.7 Å². The Labute approximate surface area is 293 Å². The number of hydrogen-bond donors (Lipinski definition) is 0. The molecular weight excluding hydrogens is 632 g/mol. The summed E-state index contributed by atoms with van der Waals surface area (Å²) in [5.74, 6) is 0. The molecule has 0 bridgehead atoms. The molecule has 0 amide bonds. The molecule has 1 saturated heterocycles. The third-order valence-corrected chi connectivity index (χ3v) is 8.25. The monoisotopic (exact) mass is 674 g/mol. The van der Waals surface area contributed by atoms with Crippen LogP contribution in [0.2, 0.25) is 0 Å². The van der Waals surface area contributed by atoms with E-state index < -0.39 is 36.9 Å². The molecule has 0 spiro atoms. The summed E-state index contributed by atoms with van der Waals surface area (Å²) in [7, 11) is 0. The van der Waals surface area contributed by atoms with Crippen LogP contribution in [-0.4, -0.2) is 43.5 Å². The maximum Gasteiger partial charge on any atom is 0.511 e. The number of benzene rings is 5. The van der Waals surface area contributed by atoms with E-state index in [0.29, 0.717) is 13.2 Å². The minimum absolute atomic E-state index is 0.0439. The zero-order valence-corrected chi connectivity index (χ0v) is 27.8. The van der Waals surface area contributed by atoms with Crippen molar-refractivity contribution >= 4 is 6.16 Å². The third kappa shape index (κ3) is 10.6. The van der Waals surface area contributed by atoms with Crippen molar-refractivity contribution in [1.29, 1.82) is 0 Å². The molecule has 5 aromatic carbocycles. The summed E-state index contributed by atoms with van der Waals surface area (Å²) in [5.41, 5.74) is 4.75. The van der Waals surface area contributed by atoms with Gasteiger partial charge in [-0.1, -0.05) is 152 Å². The largest absolute Gasteiger partial charge is 0.511 e. The molecule has 1 heterocycles. The second-order valence-corrected chi connectivity index (χ2v) is 12.0. The van der Waals surface area contributed by atoms with Crippen molar-refractivity contribution in [2.24, 2.45) is 0 Å². The van der Waals surface area contributed by atoms with Crippen LogP contribution in [0.1, 0.15) is 27.8 Å². The van der Waals surface area contributed by atoms with Crippen molar-refractivity contribution in [1.82, 2.24) is 0 Å². The van der Waals surface area contributed by atoms with Gasteiger partial charge in [0.05, 0.1) is 33.0 Å². The van der Waals surface area contributed by atoms with Gasteiger partial charge in [-0.15, -0.1) is 0 Å². The van der Waals surface area contributed by atoms with Gasteiger partial charge < -0.3 is 33.2 Å². The lowest BCUT2D eigenvalue weighted by Gasteiger charge is -2.45. The zero-order valence-electron chi connectivity index (χ0n) is 27.8. The van der Waals surface area contributed by atoms with Crippen molar-refractivity contribution in [2.45, 2.75) is 63.7 Å². The minimum atomic E-state index is -1.19. The van der Waals surface area contributed by atoms with Gasteiger partial charge in [0.25, 0.3) is 0 Å². The first-order valence-corrected chi connectivity index (χ1v) is 16.8. The molecule has 50 heavy (non-hydrogen) atoms. The Kier molecular flexibility index (Phi) is 13.2. The average molecular weight is 675 g/mol. The summed E-state index contributed by atoms with van der Waals surface area (Å²) in [6.45, 7) is 1.34. The Bertz CT molecular complexity index is 1670. The number of ether oxygens (including phenoxy) is 7. The van der Waals surface area contributed by atoms with Gasteiger partial charge in [0.1, 0.15) is 31.0 Å². The fourth-order valence-electron chi connectivity index (χ4n) is 5.69. The van der Waals surface area contributed by atoms with Crippen LogP contribution in [0.3, 0.4) is 0 Å². The first-order valence-electron chi connectivity index (χ1n) is 16.8. The maximum atomic E-state index is 13.2. The maximum absolute atomic E-state index is 13.2. The van der Waals surface area contributed by atoms with Crippen LogP contribution in [0.4, 0.5) is 4.79 Å². The van der Waals surface area contributed by atoms with Gasteiger partial charge in [-0.25, -0.2) is 4.79 Å². The number of rotatable bonds is 16. The zero-order chi connectivity index (χ0) is 34.2. The second kappa shape index (κ2) is 18.8. The van der Waals surface area contributed by atoms with Gasteiger partial charge in [0.15, 0.2) is 0 Å². The average Bonchev–Trinajstić information content (AvgIpc) is 3.17. The summed E-state index contributed by atoms with van der Waals surface area (Å²) in [6.07, 6.45) is -5.03. The summed E-state index contributed by atoms with van der Waals surface area (Å²) in [4.78, 5) is 13.2. The van der Waals surface area contributed by atoms with E-state index in [1.165, 1.54) is 0 Å². The fraction of sp³-hybridized carbons (Fsp3) is 0.262. The Morgan fingerprint density at radius 1 is 0.460 bits per heavy atom. The Morgan fingerprint density at radius 2 is 0.840 bits per heavy atom. The van der Waals surface area contributed by atoms with E-state index in [2.05, 4.69) is 0 Å². The van der Waals surface area contributed by atoms with E-state index in [0.717, 1.165) is 27.8 Å². The van der Waals surface area contributed by atoms with Crippen LogP contribution in [0.25, 0.3) is 0 Å². The first-order chi connectivity index (χ1) is 24.7. The van der Waals surface area contributed by atoms with Gasteiger partial charge in [-0.05, 0) is 27.8 Å². The van der Waals surface area contributed by atoms with E-state index in [1.807, 2.05) is 152 Å². The standard InChI is InChI=1S/C42H42O8/c43-42(48-30-36-24-14-5-15-25-36)50-41-40(47-29-35-22-12-4-13-23-35)39(46-28-34-20-10-3-11-21-34)38(45-27-33-18-8-2-9-19-33)37(49-41)31-44-26-32-16-6-1-7-17-32/h1-25,37-41H,26-31H2/t37-,38-,39+,40-,41-/m1/s1. The summed E-state index contributed by atoms with van der Waals surface area (Å²) in [5, 5.41) is 0. The Hall–Kier alpha value is -4.83. The quantitative estimate of drug-likeness (QED) is 0.0974. The van der Waals surface area contributed by atoms with Crippen molar-refractivity contribution in [2.75, 3.05) is 6.61 Å². The molecule has 0 radical (unpaired) electrons. The molecule has 0 N–H and O–H groups in total. The molecule has 5 atom stereocenters. The van der Waals surface area contributed by atoms with E-state index in [9.17, 15) is 4.79 Å². The SMILES string of the molecule is O=C(OCc1ccccc1)O[C@H]1O[C@H](COCc2ccccc2)[C@@H](OCc2ccccc2)[C@H](OCc2ccccc2)[C@H]1OCc1ccccc1. The van der Waals surface area contributed by atoms with Crippen LogP contribution in [0.5, 0.6) is 0 Å². The molecule has 8 nitrogen and oxygen atoms in total. The summed E-state index contributed by atoms with van der Waals surface area (Å²) in [6, 6.07) is 48.9. The first kappa shape index (κ1) is 35.0. The Balaban J connectivity index is 1.28. The molecule has 1 fully saturated rings. The molecule has 0 saturated carbocycles. The molecule has 258 valence electrons. The number of hydrogen-bond acceptors (Lipinski definition) is 8. The second-order valence-electron chi connectivity index (χ2n) is 12.0. The smallest absolute Gasteiger partial charge is 0.429 e. The van der Waals surface area contributed by atoms with Gasteiger partial charge in [0.2, 0.25) is 6.29 Å². The highest BCUT2D eigenvalue weighted by Crippen LogP contribution is 2.32. The molecule has 1 aliphatic heterocycles. The molecule has 5 aromatic rings. The number of carbonyl (C=O) groups is 1. The van der Waals surface area contributed by atoms with E-state index in [-0.39, 0.29) is 26.4 Å². The molecule has 0 unspecified atom stereocenters. The molecule has 6 rings (SSSR count). The van der Waals surface area contributed by atoms with Crippen LogP contribution < -0.4 is 0 Å². The van der Waals surface area contributed by atoms with Crippen molar-refractivity contribution in [3.63, 3.8) is 0 Å². The molecule has 0 aromatic heterocycles. The van der Waals surface area contributed by atoms with Crippen molar-refractivity contribution in [3.05, 3.63) is 179 Å². The summed E-state index contributed by atoms with van der Waals surface area (Å²) >= 11 is 0. The lowest BCUT2D eigenvalue weighted by atomic mass is 9.97. The van der Waals surface area contributed by atoms with E-state index in [1.54, 1.807) is 0 Å². The van der Waals surface area contributed by atoms with Crippen molar-refractivity contribution < 1.29 is 38.0 Å².